The molecule has 2 nitrogen and oxygen atoms in total. The number of hydrogen-bond acceptors (Lipinski definition) is 2. The van der Waals surface area contributed by atoms with Gasteiger partial charge in [-0.05, 0) is 32.1 Å². The summed E-state index contributed by atoms with van der Waals surface area (Å²) < 4.78 is 5.53. The molecular weight excluding hydrogens is 164 g/mol. The largest absolute Gasteiger partial charge is 0.368 e. The van der Waals surface area contributed by atoms with Crippen LogP contribution in [0, 0.1) is 5.92 Å². The lowest BCUT2D eigenvalue weighted by Crippen LogP contribution is -2.20. The maximum atomic E-state index is 11.6. The lowest BCUT2D eigenvalue weighted by atomic mass is 10.1. The molecule has 13 heavy (non-hydrogen) atoms. The highest BCUT2D eigenvalue weighted by Crippen LogP contribution is 2.34. The zero-order chi connectivity index (χ0) is 9.26. The molecule has 2 fully saturated rings. The number of carbonyl (C=O) groups excluding carboxylic acids is 1. The molecule has 1 aliphatic carbocycles. The summed E-state index contributed by atoms with van der Waals surface area (Å²) in [5, 5.41) is 0. The van der Waals surface area contributed by atoms with Gasteiger partial charge in [0.25, 0.3) is 0 Å². The van der Waals surface area contributed by atoms with E-state index in [0.29, 0.717) is 11.9 Å². The number of ether oxygens (including phenoxy) is 1. The minimum Gasteiger partial charge on any atom is -0.368 e. The van der Waals surface area contributed by atoms with Crippen LogP contribution in [0.15, 0.2) is 0 Å². The van der Waals surface area contributed by atoms with Crippen molar-refractivity contribution in [3.63, 3.8) is 0 Å². The fraction of sp³-hybridized carbons (Fsp3) is 0.909. The van der Waals surface area contributed by atoms with Crippen molar-refractivity contribution >= 4 is 5.78 Å². The second-order valence-electron chi connectivity index (χ2n) is 4.46. The second-order valence-corrected chi connectivity index (χ2v) is 4.46. The fourth-order valence-corrected chi connectivity index (χ4v) is 1.95. The Morgan fingerprint density at radius 2 is 2.08 bits per heavy atom. The Bertz CT molecular complexity index is 196. The van der Waals surface area contributed by atoms with E-state index in [1.54, 1.807) is 0 Å². The lowest BCUT2D eigenvalue weighted by Gasteiger charge is -2.09. The third kappa shape index (κ3) is 2.53. The van der Waals surface area contributed by atoms with Crippen LogP contribution in [0.25, 0.3) is 0 Å². The summed E-state index contributed by atoms with van der Waals surface area (Å²) >= 11 is 0. The zero-order valence-electron chi connectivity index (χ0n) is 8.29. The van der Waals surface area contributed by atoms with E-state index in [0.717, 1.165) is 31.6 Å². The summed E-state index contributed by atoms with van der Waals surface area (Å²) in [5.41, 5.74) is 0. The van der Waals surface area contributed by atoms with E-state index < -0.39 is 0 Å². The molecule has 74 valence electrons. The van der Waals surface area contributed by atoms with Crippen molar-refractivity contribution < 1.29 is 9.53 Å². The Kier molecular flexibility index (Phi) is 2.68. The first-order valence-electron chi connectivity index (χ1n) is 5.44. The van der Waals surface area contributed by atoms with Gasteiger partial charge < -0.3 is 4.74 Å². The van der Waals surface area contributed by atoms with Crippen LogP contribution < -0.4 is 0 Å². The molecule has 0 amide bonds. The highest BCUT2D eigenvalue weighted by atomic mass is 16.5. The van der Waals surface area contributed by atoms with E-state index in [9.17, 15) is 4.79 Å². The van der Waals surface area contributed by atoms with E-state index in [4.69, 9.17) is 4.74 Å². The van der Waals surface area contributed by atoms with E-state index in [1.165, 1.54) is 12.8 Å². The van der Waals surface area contributed by atoms with Crippen molar-refractivity contribution in [3.8, 4) is 0 Å². The third-order valence-corrected chi connectivity index (χ3v) is 3.09. The predicted octanol–water partition coefficient (Wildman–Crippen LogP) is 2.31. The summed E-state index contributed by atoms with van der Waals surface area (Å²) in [4.78, 5) is 11.6. The van der Waals surface area contributed by atoms with Gasteiger partial charge in [0.1, 0.15) is 6.10 Å². The molecule has 2 rings (SSSR count). The summed E-state index contributed by atoms with van der Waals surface area (Å²) in [6.45, 7) is 2.05. The highest BCUT2D eigenvalue weighted by Gasteiger charge is 2.29. The molecule has 0 aromatic heterocycles. The van der Waals surface area contributed by atoms with Crippen LogP contribution in [-0.4, -0.2) is 18.0 Å². The Hall–Kier alpha value is -0.370. The van der Waals surface area contributed by atoms with Crippen molar-refractivity contribution in [2.24, 2.45) is 5.92 Å². The van der Waals surface area contributed by atoms with Gasteiger partial charge in [0, 0.05) is 6.42 Å². The van der Waals surface area contributed by atoms with Crippen LogP contribution in [0.4, 0.5) is 0 Å². The standard InChI is InChI=1S/C11H18O2/c1-8-2-7-11(13-8)10(12)6-5-9-3-4-9/h8-9,11H,2-7H2,1H3. The first-order valence-corrected chi connectivity index (χ1v) is 5.44. The molecule has 2 heteroatoms. The van der Waals surface area contributed by atoms with Gasteiger partial charge in [-0.25, -0.2) is 0 Å². The highest BCUT2D eigenvalue weighted by molar-refractivity contribution is 5.83. The average Bonchev–Trinajstić information content (AvgIpc) is 2.84. The third-order valence-electron chi connectivity index (χ3n) is 3.09. The van der Waals surface area contributed by atoms with Crippen molar-refractivity contribution in [2.45, 2.75) is 57.7 Å². The molecule has 0 radical (unpaired) electrons. The molecule has 1 heterocycles. The van der Waals surface area contributed by atoms with Gasteiger partial charge in [-0.15, -0.1) is 0 Å². The first-order chi connectivity index (χ1) is 6.25. The van der Waals surface area contributed by atoms with E-state index >= 15 is 0 Å². The number of hydrogen-bond donors (Lipinski definition) is 0. The molecule has 2 atom stereocenters. The topological polar surface area (TPSA) is 26.3 Å². The van der Waals surface area contributed by atoms with Crippen LogP contribution >= 0.6 is 0 Å². The zero-order valence-corrected chi connectivity index (χ0v) is 8.29. The molecular formula is C11H18O2. The van der Waals surface area contributed by atoms with Gasteiger partial charge in [0.2, 0.25) is 0 Å². The monoisotopic (exact) mass is 182 g/mol. The maximum Gasteiger partial charge on any atom is 0.161 e. The van der Waals surface area contributed by atoms with Crippen molar-refractivity contribution in [1.82, 2.24) is 0 Å². The molecule has 1 saturated heterocycles. The van der Waals surface area contributed by atoms with Gasteiger partial charge in [-0.2, -0.15) is 0 Å². The molecule has 0 N–H and O–H groups in total. The minimum atomic E-state index is -0.0613. The van der Waals surface area contributed by atoms with Crippen LogP contribution in [-0.2, 0) is 9.53 Å². The normalized spacial score (nSPS) is 33.6. The van der Waals surface area contributed by atoms with Crippen molar-refractivity contribution in [3.05, 3.63) is 0 Å². The van der Waals surface area contributed by atoms with Gasteiger partial charge in [0.15, 0.2) is 5.78 Å². The molecule has 0 bridgehead atoms. The molecule has 0 aromatic carbocycles. The summed E-state index contributed by atoms with van der Waals surface area (Å²) in [6.07, 6.45) is 6.79. The Morgan fingerprint density at radius 3 is 2.62 bits per heavy atom. The fourth-order valence-electron chi connectivity index (χ4n) is 1.95. The van der Waals surface area contributed by atoms with E-state index in [-0.39, 0.29) is 6.10 Å². The van der Waals surface area contributed by atoms with Crippen LogP contribution in [0.3, 0.4) is 0 Å². The quantitative estimate of drug-likeness (QED) is 0.667. The predicted molar refractivity (Wildman–Crippen MR) is 50.5 cm³/mol. The van der Waals surface area contributed by atoms with Crippen LogP contribution in [0.2, 0.25) is 0 Å². The summed E-state index contributed by atoms with van der Waals surface area (Å²) in [6, 6.07) is 0. The Labute approximate surface area is 79.7 Å². The smallest absolute Gasteiger partial charge is 0.161 e. The molecule has 0 spiro atoms. The molecule has 1 aliphatic heterocycles. The SMILES string of the molecule is CC1CCC(C(=O)CCC2CC2)O1. The molecule has 0 aromatic rings. The number of carbonyl (C=O) groups is 1. The van der Waals surface area contributed by atoms with Gasteiger partial charge in [-0.3, -0.25) is 4.79 Å². The maximum absolute atomic E-state index is 11.6. The average molecular weight is 182 g/mol. The lowest BCUT2D eigenvalue weighted by molar-refractivity contribution is -0.129. The molecule has 2 aliphatic rings. The van der Waals surface area contributed by atoms with E-state index in [2.05, 4.69) is 0 Å². The van der Waals surface area contributed by atoms with Crippen LogP contribution in [0.5, 0.6) is 0 Å². The summed E-state index contributed by atoms with van der Waals surface area (Å²) in [5.74, 6) is 1.21. The Balaban J connectivity index is 1.69. The Morgan fingerprint density at radius 1 is 1.31 bits per heavy atom. The van der Waals surface area contributed by atoms with Crippen LogP contribution in [0.1, 0.15) is 45.4 Å². The van der Waals surface area contributed by atoms with Gasteiger partial charge in [0.05, 0.1) is 6.10 Å². The van der Waals surface area contributed by atoms with Gasteiger partial charge in [-0.1, -0.05) is 12.8 Å². The molecule has 1 saturated carbocycles. The summed E-state index contributed by atoms with van der Waals surface area (Å²) in [7, 11) is 0. The number of rotatable bonds is 4. The van der Waals surface area contributed by atoms with Crippen molar-refractivity contribution in [2.75, 3.05) is 0 Å². The first kappa shape index (κ1) is 9.20. The second kappa shape index (κ2) is 3.79. The molecule has 2 unspecified atom stereocenters. The van der Waals surface area contributed by atoms with Crippen molar-refractivity contribution in [1.29, 1.82) is 0 Å². The number of ketones is 1. The van der Waals surface area contributed by atoms with E-state index in [1.807, 2.05) is 6.92 Å². The van der Waals surface area contributed by atoms with Gasteiger partial charge >= 0.3 is 0 Å². The number of Topliss-reactive ketones (excluding diaryl/α,β-unsaturated/α-hetero) is 1. The minimum absolute atomic E-state index is 0.0613.